The van der Waals surface area contributed by atoms with Crippen LogP contribution >= 0.6 is 0 Å². The highest BCUT2D eigenvalue weighted by Gasteiger charge is 2.16. The molecule has 3 aromatic carbocycles. The normalized spacial score (nSPS) is 15.8. The summed E-state index contributed by atoms with van der Waals surface area (Å²) in [6, 6.07) is 30.0. The van der Waals surface area contributed by atoms with Crippen molar-refractivity contribution in [3.05, 3.63) is 102 Å². The summed E-state index contributed by atoms with van der Waals surface area (Å²) in [6.07, 6.45) is 5.45. The summed E-state index contributed by atoms with van der Waals surface area (Å²) in [7, 11) is 0. The lowest BCUT2D eigenvalue weighted by atomic mass is 9.88. The molecule has 0 radical (unpaired) electrons. The van der Waals surface area contributed by atoms with Gasteiger partial charge in [-0.2, -0.15) is 0 Å². The number of hydrogen-bond acceptors (Lipinski definition) is 3. The van der Waals surface area contributed by atoms with Crippen LogP contribution in [-0.4, -0.2) is 30.4 Å². The molecule has 0 amide bonds. The predicted molar refractivity (Wildman–Crippen MR) is 137 cm³/mol. The molecule has 0 aromatic heterocycles. The van der Waals surface area contributed by atoms with E-state index < -0.39 is 6.10 Å². The molecule has 1 atom stereocenters. The van der Waals surface area contributed by atoms with Crippen molar-refractivity contribution in [2.45, 2.75) is 51.2 Å². The first kappa shape index (κ1) is 23.3. The molecule has 172 valence electrons. The van der Waals surface area contributed by atoms with Gasteiger partial charge in [0.15, 0.2) is 0 Å². The summed E-state index contributed by atoms with van der Waals surface area (Å²) in [5.41, 5.74) is 6.19. The second kappa shape index (κ2) is 11.8. The minimum atomic E-state index is -0.505. The first-order valence-electron chi connectivity index (χ1n) is 12.2. The number of ether oxygens (including phenoxy) is 1. The van der Waals surface area contributed by atoms with Gasteiger partial charge >= 0.3 is 0 Å². The Balaban J connectivity index is 1.50. The van der Waals surface area contributed by atoms with E-state index in [9.17, 15) is 5.11 Å². The van der Waals surface area contributed by atoms with Crippen LogP contribution in [0.3, 0.4) is 0 Å². The Labute approximate surface area is 198 Å². The average molecular weight is 442 g/mol. The van der Waals surface area contributed by atoms with Crippen LogP contribution in [0.15, 0.2) is 84.9 Å². The minimum absolute atomic E-state index is 0.296. The lowest BCUT2D eigenvalue weighted by Crippen LogP contribution is -2.36. The van der Waals surface area contributed by atoms with Crippen molar-refractivity contribution in [2.24, 2.45) is 0 Å². The highest BCUT2D eigenvalue weighted by atomic mass is 16.5. The van der Waals surface area contributed by atoms with E-state index in [2.05, 4.69) is 85.0 Å². The van der Waals surface area contributed by atoms with Gasteiger partial charge in [0.2, 0.25) is 0 Å². The van der Waals surface area contributed by atoms with E-state index in [0.29, 0.717) is 19.2 Å². The van der Waals surface area contributed by atoms with Crippen molar-refractivity contribution in [3.63, 3.8) is 0 Å². The maximum absolute atomic E-state index is 10.3. The minimum Gasteiger partial charge on any atom is -0.491 e. The van der Waals surface area contributed by atoms with Crippen LogP contribution in [-0.2, 0) is 0 Å². The van der Waals surface area contributed by atoms with Crippen LogP contribution in [0.4, 0.5) is 0 Å². The number of hydrogen-bond donors (Lipinski definition) is 2. The summed E-state index contributed by atoms with van der Waals surface area (Å²) in [5, 5.41) is 13.8. The van der Waals surface area contributed by atoms with Crippen molar-refractivity contribution >= 4 is 11.1 Å². The van der Waals surface area contributed by atoms with Gasteiger partial charge in [-0.05, 0) is 59.2 Å². The van der Waals surface area contributed by atoms with Gasteiger partial charge in [0.05, 0.1) is 0 Å². The molecule has 1 fully saturated rings. The Hall–Kier alpha value is -2.88. The van der Waals surface area contributed by atoms with Crippen LogP contribution in [0.1, 0.15) is 55.7 Å². The van der Waals surface area contributed by atoms with Gasteiger partial charge in [-0.25, -0.2) is 0 Å². The zero-order chi connectivity index (χ0) is 22.9. The zero-order valence-electron chi connectivity index (χ0n) is 19.5. The van der Waals surface area contributed by atoms with Crippen LogP contribution in [0.25, 0.3) is 11.1 Å². The van der Waals surface area contributed by atoms with Crippen LogP contribution in [0, 0.1) is 0 Å². The zero-order valence-corrected chi connectivity index (χ0v) is 19.5. The van der Waals surface area contributed by atoms with Crippen molar-refractivity contribution in [2.75, 3.05) is 13.2 Å². The fourth-order valence-electron chi connectivity index (χ4n) is 4.69. The topological polar surface area (TPSA) is 41.5 Å². The van der Waals surface area contributed by atoms with Crippen molar-refractivity contribution in [3.8, 4) is 5.75 Å². The van der Waals surface area contributed by atoms with Gasteiger partial charge in [0.1, 0.15) is 18.5 Å². The molecule has 0 heterocycles. The molecule has 0 aliphatic heterocycles. The molecule has 2 N–H and O–H groups in total. The molecule has 3 heteroatoms. The summed E-state index contributed by atoms with van der Waals surface area (Å²) in [6.45, 7) is 3.09. The third-order valence-electron chi connectivity index (χ3n) is 6.42. The Bertz CT molecular complexity index is 1010. The van der Waals surface area contributed by atoms with Gasteiger partial charge in [0, 0.05) is 12.6 Å². The van der Waals surface area contributed by atoms with E-state index in [4.69, 9.17) is 4.74 Å². The first-order valence-corrected chi connectivity index (χ1v) is 12.2. The average Bonchev–Trinajstić information content (AvgIpc) is 3.40. The predicted octanol–water partition coefficient (Wildman–Crippen LogP) is 6.33. The maximum atomic E-state index is 10.3. The smallest absolute Gasteiger partial charge is 0.119 e. The van der Waals surface area contributed by atoms with Crippen molar-refractivity contribution in [1.82, 2.24) is 5.32 Å². The maximum Gasteiger partial charge on any atom is 0.119 e. The third-order valence-corrected chi connectivity index (χ3v) is 6.42. The fourth-order valence-corrected chi connectivity index (χ4v) is 4.69. The number of aliphatic hydroxyl groups is 1. The molecule has 4 rings (SSSR count). The second-order valence-corrected chi connectivity index (χ2v) is 8.82. The molecule has 0 spiro atoms. The molecule has 0 bridgehead atoms. The summed E-state index contributed by atoms with van der Waals surface area (Å²) in [5.74, 6) is 0.781. The van der Waals surface area contributed by atoms with Gasteiger partial charge in [0.25, 0.3) is 0 Å². The van der Waals surface area contributed by atoms with Gasteiger partial charge in [-0.15, -0.1) is 0 Å². The number of rotatable bonds is 10. The summed E-state index contributed by atoms with van der Waals surface area (Å²) < 4.78 is 5.89. The molecule has 0 saturated heterocycles. The third kappa shape index (κ3) is 6.34. The number of nitrogens with one attached hydrogen (secondary N) is 1. The molecule has 1 unspecified atom stereocenters. The van der Waals surface area contributed by atoms with Gasteiger partial charge < -0.3 is 15.2 Å². The van der Waals surface area contributed by atoms with Crippen molar-refractivity contribution in [1.29, 1.82) is 0 Å². The molecular weight excluding hydrogens is 406 g/mol. The Morgan fingerprint density at radius 1 is 0.848 bits per heavy atom. The van der Waals surface area contributed by atoms with E-state index in [-0.39, 0.29) is 0 Å². The molecule has 33 heavy (non-hydrogen) atoms. The Kier molecular flexibility index (Phi) is 8.35. The first-order chi connectivity index (χ1) is 16.2. The highest BCUT2D eigenvalue weighted by molar-refractivity contribution is 5.98. The van der Waals surface area contributed by atoms with E-state index in [1.54, 1.807) is 0 Å². The lowest BCUT2D eigenvalue weighted by Gasteiger charge is -2.18. The molecule has 3 nitrogen and oxygen atoms in total. The summed E-state index contributed by atoms with van der Waals surface area (Å²) in [4.78, 5) is 0. The monoisotopic (exact) mass is 441 g/mol. The van der Waals surface area contributed by atoms with Crippen molar-refractivity contribution < 1.29 is 9.84 Å². The van der Waals surface area contributed by atoms with E-state index in [1.807, 2.05) is 12.1 Å². The number of benzene rings is 3. The summed E-state index contributed by atoms with van der Waals surface area (Å²) >= 11 is 0. The molecule has 1 aliphatic carbocycles. The SMILES string of the molecule is CCC(=C(c1ccccc1)c1ccc(OCC(O)CNC2CCCC2)cc1)c1ccccc1. The quantitative estimate of drug-likeness (QED) is 0.361. The highest BCUT2D eigenvalue weighted by Crippen LogP contribution is 2.34. The molecule has 1 saturated carbocycles. The Morgan fingerprint density at radius 3 is 2.03 bits per heavy atom. The van der Waals surface area contributed by atoms with Gasteiger partial charge in [-0.1, -0.05) is 92.6 Å². The number of aliphatic hydroxyl groups excluding tert-OH is 1. The fraction of sp³-hybridized carbons (Fsp3) is 0.333. The standard InChI is InChI=1S/C30H35NO2/c1-2-29(23-11-5-3-6-12-23)30(24-13-7-4-8-14-24)25-17-19-28(20-18-25)33-22-27(32)21-31-26-15-9-10-16-26/h3-8,11-14,17-20,26-27,31-32H,2,9-10,15-16,21-22H2,1H3. The molecule has 1 aliphatic rings. The van der Waals surface area contributed by atoms with Crippen LogP contribution in [0.2, 0.25) is 0 Å². The van der Waals surface area contributed by atoms with Crippen LogP contribution < -0.4 is 10.1 Å². The number of allylic oxidation sites excluding steroid dienone is 1. The second-order valence-electron chi connectivity index (χ2n) is 8.82. The van der Waals surface area contributed by atoms with E-state index >= 15 is 0 Å². The molecular formula is C30H35NO2. The molecule has 3 aromatic rings. The van der Waals surface area contributed by atoms with E-state index in [0.717, 1.165) is 17.7 Å². The lowest BCUT2D eigenvalue weighted by molar-refractivity contribution is 0.104. The van der Waals surface area contributed by atoms with E-state index in [1.165, 1.54) is 48.0 Å². The largest absolute Gasteiger partial charge is 0.491 e. The van der Waals surface area contributed by atoms with Gasteiger partial charge in [-0.3, -0.25) is 0 Å². The van der Waals surface area contributed by atoms with Crippen LogP contribution in [0.5, 0.6) is 5.75 Å². The Morgan fingerprint density at radius 2 is 1.42 bits per heavy atom.